The summed E-state index contributed by atoms with van der Waals surface area (Å²) in [5, 5.41) is 0. The lowest BCUT2D eigenvalue weighted by Gasteiger charge is -2.26. The Morgan fingerprint density at radius 3 is 2.41 bits per heavy atom. The van der Waals surface area contributed by atoms with Gasteiger partial charge in [0, 0.05) is 12.1 Å². The molecule has 0 amide bonds. The van der Waals surface area contributed by atoms with Crippen LogP contribution in [0.4, 0.5) is 0 Å². The van der Waals surface area contributed by atoms with Crippen LogP contribution in [-0.4, -0.2) is 30.8 Å². The minimum Gasteiger partial charge on any atom is -0.303 e. The van der Waals surface area contributed by atoms with E-state index in [9.17, 15) is 4.79 Å². The standard InChI is InChI=1S/C20H23NO/c22-16-20-10-9-18(17-7-3-1-4-8-17)15-19(20)11-14-21-12-5-2-6-13-21/h1,3-4,7-10,15-16H,2,5-6,11-14H2. The molecule has 0 unspecified atom stereocenters. The second kappa shape index (κ2) is 7.37. The number of aldehydes is 1. The van der Waals surface area contributed by atoms with E-state index in [0.29, 0.717) is 0 Å². The van der Waals surface area contributed by atoms with Gasteiger partial charge in [0.05, 0.1) is 0 Å². The minimum absolute atomic E-state index is 0.830. The summed E-state index contributed by atoms with van der Waals surface area (Å²) < 4.78 is 0. The zero-order chi connectivity index (χ0) is 15.2. The van der Waals surface area contributed by atoms with Gasteiger partial charge in [-0.1, -0.05) is 55.0 Å². The van der Waals surface area contributed by atoms with Crippen molar-refractivity contribution in [1.82, 2.24) is 4.90 Å². The topological polar surface area (TPSA) is 20.3 Å². The molecular weight excluding hydrogens is 270 g/mol. The van der Waals surface area contributed by atoms with Gasteiger partial charge in [0.1, 0.15) is 6.29 Å². The predicted octanol–water partition coefficient (Wildman–Crippen LogP) is 4.19. The van der Waals surface area contributed by atoms with E-state index in [1.165, 1.54) is 49.0 Å². The molecule has 2 aromatic carbocycles. The molecule has 2 nitrogen and oxygen atoms in total. The monoisotopic (exact) mass is 293 g/mol. The van der Waals surface area contributed by atoms with Crippen molar-refractivity contribution in [2.45, 2.75) is 25.7 Å². The highest BCUT2D eigenvalue weighted by Gasteiger charge is 2.11. The first-order chi connectivity index (χ1) is 10.9. The summed E-state index contributed by atoms with van der Waals surface area (Å²) in [6, 6.07) is 16.6. The molecule has 1 saturated heterocycles. The molecule has 0 radical (unpaired) electrons. The van der Waals surface area contributed by atoms with Crippen LogP contribution < -0.4 is 0 Å². The molecule has 114 valence electrons. The van der Waals surface area contributed by atoms with Crippen molar-refractivity contribution in [3.63, 3.8) is 0 Å². The van der Waals surface area contributed by atoms with Crippen LogP contribution >= 0.6 is 0 Å². The number of carbonyl (C=O) groups excluding carboxylic acids is 1. The van der Waals surface area contributed by atoms with E-state index in [1.54, 1.807) is 0 Å². The lowest BCUT2D eigenvalue weighted by molar-refractivity contribution is 0.112. The summed E-state index contributed by atoms with van der Waals surface area (Å²) in [5.74, 6) is 0. The fraction of sp³-hybridized carbons (Fsp3) is 0.350. The molecule has 1 fully saturated rings. The van der Waals surface area contributed by atoms with Crippen molar-refractivity contribution in [3.8, 4) is 11.1 Å². The second-order valence-corrected chi connectivity index (χ2v) is 6.05. The van der Waals surface area contributed by atoms with Crippen LogP contribution in [-0.2, 0) is 6.42 Å². The highest BCUT2D eigenvalue weighted by molar-refractivity contribution is 5.79. The summed E-state index contributed by atoms with van der Waals surface area (Å²) in [6.07, 6.45) is 5.92. The smallest absolute Gasteiger partial charge is 0.150 e. The molecular formula is C20H23NO. The molecule has 1 aliphatic heterocycles. The average Bonchev–Trinajstić information content (AvgIpc) is 2.61. The molecule has 0 spiro atoms. The lowest BCUT2D eigenvalue weighted by atomic mass is 9.97. The first kappa shape index (κ1) is 15.0. The first-order valence-corrected chi connectivity index (χ1v) is 8.23. The van der Waals surface area contributed by atoms with Gasteiger partial charge < -0.3 is 4.90 Å². The molecule has 0 aromatic heterocycles. The Balaban J connectivity index is 1.77. The van der Waals surface area contributed by atoms with Crippen molar-refractivity contribution in [2.24, 2.45) is 0 Å². The van der Waals surface area contributed by atoms with Crippen molar-refractivity contribution in [3.05, 3.63) is 59.7 Å². The summed E-state index contributed by atoms with van der Waals surface area (Å²) in [5.41, 5.74) is 4.40. The summed E-state index contributed by atoms with van der Waals surface area (Å²) in [7, 11) is 0. The SMILES string of the molecule is O=Cc1ccc(-c2ccccc2)cc1CCN1CCCCC1. The predicted molar refractivity (Wildman–Crippen MR) is 91.3 cm³/mol. The van der Waals surface area contributed by atoms with E-state index in [4.69, 9.17) is 0 Å². The number of carbonyl (C=O) groups is 1. The van der Waals surface area contributed by atoms with Gasteiger partial charge in [-0.15, -0.1) is 0 Å². The average molecular weight is 293 g/mol. The third kappa shape index (κ3) is 3.63. The number of hydrogen-bond donors (Lipinski definition) is 0. The van der Waals surface area contributed by atoms with Crippen LogP contribution in [0, 0.1) is 0 Å². The molecule has 0 aliphatic carbocycles. The molecule has 1 heterocycles. The maximum atomic E-state index is 11.3. The number of benzene rings is 2. The number of likely N-dealkylation sites (tertiary alicyclic amines) is 1. The van der Waals surface area contributed by atoms with E-state index in [-0.39, 0.29) is 0 Å². The molecule has 0 bridgehead atoms. The quantitative estimate of drug-likeness (QED) is 0.770. The third-order valence-electron chi connectivity index (χ3n) is 4.52. The van der Waals surface area contributed by atoms with E-state index >= 15 is 0 Å². The zero-order valence-electron chi connectivity index (χ0n) is 13.0. The van der Waals surface area contributed by atoms with Crippen LogP contribution in [0.2, 0.25) is 0 Å². The Morgan fingerprint density at radius 1 is 0.909 bits per heavy atom. The number of nitrogens with zero attached hydrogens (tertiary/aromatic N) is 1. The molecule has 2 aromatic rings. The van der Waals surface area contributed by atoms with Gasteiger partial charge in [0.2, 0.25) is 0 Å². The zero-order valence-corrected chi connectivity index (χ0v) is 13.0. The minimum atomic E-state index is 0.830. The largest absolute Gasteiger partial charge is 0.303 e. The fourth-order valence-corrected chi connectivity index (χ4v) is 3.21. The van der Waals surface area contributed by atoms with Crippen LogP contribution in [0.5, 0.6) is 0 Å². The van der Waals surface area contributed by atoms with Crippen molar-refractivity contribution in [1.29, 1.82) is 0 Å². The fourth-order valence-electron chi connectivity index (χ4n) is 3.21. The molecule has 0 atom stereocenters. The maximum Gasteiger partial charge on any atom is 0.150 e. The maximum absolute atomic E-state index is 11.3. The van der Waals surface area contributed by atoms with Gasteiger partial charge in [-0.2, -0.15) is 0 Å². The number of piperidine rings is 1. The van der Waals surface area contributed by atoms with E-state index in [1.807, 2.05) is 18.2 Å². The van der Waals surface area contributed by atoms with Crippen molar-refractivity contribution in [2.75, 3.05) is 19.6 Å². The van der Waals surface area contributed by atoms with Crippen LogP contribution in [0.25, 0.3) is 11.1 Å². The van der Waals surface area contributed by atoms with Gasteiger partial charge in [-0.05, 0) is 49.0 Å². The van der Waals surface area contributed by atoms with Crippen molar-refractivity contribution >= 4 is 6.29 Å². The first-order valence-electron chi connectivity index (χ1n) is 8.23. The van der Waals surface area contributed by atoms with Crippen LogP contribution in [0.3, 0.4) is 0 Å². The van der Waals surface area contributed by atoms with E-state index in [0.717, 1.165) is 24.8 Å². The highest BCUT2D eigenvalue weighted by atomic mass is 16.1. The molecule has 1 aliphatic rings. The third-order valence-corrected chi connectivity index (χ3v) is 4.52. The molecule has 3 rings (SSSR count). The Hall–Kier alpha value is -1.93. The molecule has 0 N–H and O–H groups in total. The summed E-state index contributed by atoms with van der Waals surface area (Å²) >= 11 is 0. The Morgan fingerprint density at radius 2 is 1.68 bits per heavy atom. The Bertz CT molecular complexity index is 615. The van der Waals surface area contributed by atoms with E-state index in [2.05, 4.69) is 35.2 Å². The van der Waals surface area contributed by atoms with E-state index < -0.39 is 0 Å². The lowest BCUT2D eigenvalue weighted by Crippen LogP contribution is -2.31. The summed E-state index contributed by atoms with van der Waals surface area (Å²) in [4.78, 5) is 13.8. The van der Waals surface area contributed by atoms with Gasteiger partial charge in [0.15, 0.2) is 0 Å². The highest BCUT2D eigenvalue weighted by Crippen LogP contribution is 2.22. The molecule has 22 heavy (non-hydrogen) atoms. The second-order valence-electron chi connectivity index (χ2n) is 6.05. The van der Waals surface area contributed by atoms with Gasteiger partial charge >= 0.3 is 0 Å². The number of rotatable bonds is 5. The Labute approximate surface area is 132 Å². The van der Waals surface area contributed by atoms with Crippen LogP contribution in [0.15, 0.2) is 48.5 Å². The number of hydrogen-bond acceptors (Lipinski definition) is 2. The summed E-state index contributed by atoms with van der Waals surface area (Å²) in [6.45, 7) is 3.46. The molecule has 0 saturated carbocycles. The van der Waals surface area contributed by atoms with Crippen LogP contribution in [0.1, 0.15) is 35.2 Å². The normalized spacial score (nSPS) is 15.6. The van der Waals surface area contributed by atoms with Gasteiger partial charge in [-0.25, -0.2) is 0 Å². The van der Waals surface area contributed by atoms with Gasteiger partial charge in [0.25, 0.3) is 0 Å². The Kier molecular flexibility index (Phi) is 5.02. The molecule has 2 heteroatoms. The van der Waals surface area contributed by atoms with Crippen molar-refractivity contribution < 1.29 is 4.79 Å². The van der Waals surface area contributed by atoms with Gasteiger partial charge in [-0.3, -0.25) is 4.79 Å².